The van der Waals surface area contributed by atoms with E-state index in [1.807, 2.05) is 0 Å². The number of likely N-dealkylation sites (N-methyl/N-ethyl adjacent to an activating group) is 1. The van der Waals surface area contributed by atoms with Gasteiger partial charge in [-0.2, -0.15) is 0 Å². The van der Waals surface area contributed by atoms with E-state index in [-0.39, 0.29) is 0 Å². The van der Waals surface area contributed by atoms with E-state index in [9.17, 15) is 4.79 Å². The topological polar surface area (TPSA) is 52.9 Å². The Bertz CT molecular complexity index is 198. The van der Waals surface area contributed by atoms with Gasteiger partial charge in [0.1, 0.15) is 0 Å². The van der Waals surface area contributed by atoms with E-state index >= 15 is 0 Å². The summed E-state index contributed by atoms with van der Waals surface area (Å²) in [5, 5.41) is 8.52. The van der Waals surface area contributed by atoms with E-state index in [4.69, 9.17) is 5.11 Å². The lowest BCUT2D eigenvalue weighted by Gasteiger charge is -2.20. The maximum Gasteiger partial charge on any atom is 0.349 e. The molecule has 1 unspecified atom stereocenters. The first-order valence-corrected chi connectivity index (χ1v) is 2.86. The third-order valence-corrected chi connectivity index (χ3v) is 1.24. The van der Waals surface area contributed by atoms with Gasteiger partial charge in [-0.15, -0.1) is 0 Å². The molecule has 1 heterocycles. The molecule has 10 heavy (non-hydrogen) atoms. The summed E-state index contributed by atoms with van der Waals surface area (Å²) in [4.78, 5) is 15.6. The van der Waals surface area contributed by atoms with Crippen molar-refractivity contribution in [2.75, 3.05) is 7.05 Å². The van der Waals surface area contributed by atoms with Gasteiger partial charge in [0.25, 0.3) is 0 Å². The molecular formula is C6H8N2O2. The SMILES string of the molecule is CN1C=CC=NC1C(=O)O. The van der Waals surface area contributed by atoms with E-state index in [0.29, 0.717) is 0 Å². The van der Waals surface area contributed by atoms with Gasteiger partial charge in [-0.1, -0.05) is 0 Å². The van der Waals surface area contributed by atoms with Crippen molar-refractivity contribution in [1.82, 2.24) is 4.90 Å². The quantitative estimate of drug-likeness (QED) is 0.554. The predicted octanol–water partition coefficient (Wildman–Crippen LogP) is -0.0730. The molecule has 0 aliphatic carbocycles. The van der Waals surface area contributed by atoms with Crippen molar-refractivity contribution in [3.8, 4) is 0 Å². The molecule has 0 bridgehead atoms. The van der Waals surface area contributed by atoms with Crippen molar-refractivity contribution in [2.45, 2.75) is 6.17 Å². The summed E-state index contributed by atoms with van der Waals surface area (Å²) in [6, 6.07) is 0. The first-order valence-electron chi connectivity index (χ1n) is 2.86. The van der Waals surface area contributed by atoms with Crippen molar-refractivity contribution < 1.29 is 9.90 Å². The van der Waals surface area contributed by atoms with Gasteiger partial charge in [-0.3, -0.25) is 4.99 Å². The molecule has 54 valence electrons. The Balaban J connectivity index is 2.70. The van der Waals surface area contributed by atoms with Crippen molar-refractivity contribution >= 4 is 12.2 Å². The molecule has 4 heteroatoms. The maximum atomic E-state index is 10.4. The van der Waals surface area contributed by atoms with Gasteiger partial charge in [-0.05, 0) is 6.08 Å². The van der Waals surface area contributed by atoms with Crippen molar-refractivity contribution in [2.24, 2.45) is 4.99 Å². The molecule has 0 radical (unpaired) electrons. The van der Waals surface area contributed by atoms with Crippen molar-refractivity contribution in [3.63, 3.8) is 0 Å². The number of aliphatic imine (C=N–C) groups is 1. The lowest BCUT2D eigenvalue weighted by Crippen LogP contribution is -2.34. The van der Waals surface area contributed by atoms with Crippen LogP contribution < -0.4 is 0 Å². The third kappa shape index (κ3) is 1.15. The molecule has 0 aromatic rings. The highest BCUT2D eigenvalue weighted by Gasteiger charge is 2.19. The van der Waals surface area contributed by atoms with E-state index in [0.717, 1.165) is 0 Å². The number of nitrogens with zero attached hydrogens (tertiary/aromatic N) is 2. The summed E-state index contributed by atoms with van der Waals surface area (Å²) in [6.07, 6.45) is 4.11. The largest absolute Gasteiger partial charge is 0.478 e. The van der Waals surface area contributed by atoms with Crippen LogP contribution in [0.4, 0.5) is 0 Å². The van der Waals surface area contributed by atoms with Crippen LogP contribution in [0.3, 0.4) is 0 Å². The van der Waals surface area contributed by atoms with Crippen LogP contribution in [0.1, 0.15) is 0 Å². The molecule has 0 spiro atoms. The van der Waals surface area contributed by atoms with Crippen LogP contribution in [-0.2, 0) is 4.79 Å². The molecule has 1 N–H and O–H groups in total. The summed E-state index contributed by atoms with van der Waals surface area (Å²) in [5.74, 6) is -0.928. The van der Waals surface area contributed by atoms with Crippen LogP contribution in [-0.4, -0.2) is 35.4 Å². The third-order valence-electron chi connectivity index (χ3n) is 1.24. The molecule has 0 fully saturated rings. The Labute approximate surface area is 58.5 Å². The second kappa shape index (κ2) is 2.51. The highest BCUT2D eigenvalue weighted by Crippen LogP contribution is 2.02. The number of carboxylic acids is 1. The summed E-state index contributed by atoms with van der Waals surface area (Å²) in [7, 11) is 1.67. The van der Waals surface area contributed by atoms with Crippen LogP contribution in [0, 0.1) is 0 Å². The number of carbonyl (C=O) groups is 1. The van der Waals surface area contributed by atoms with E-state index in [1.165, 1.54) is 11.1 Å². The van der Waals surface area contributed by atoms with E-state index < -0.39 is 12.1 Å². The Morgan fingerprint density at radius 2 is 2.50 bits per heavy atom. The Morgan fingerprint density at radius 3 is 2.90 bits per heavy atom. The summed E-state index contributed by atoms with van der Waals surface area (Å²) in [5.41, 5.74) is 0. The predicted molar refractivity (Wildman–Crippen MR) is 36.8 cm³/mol. The second-order valence-corrected chi connectivity index (χ2v) is 2.02. The van der Waals surface area contributed by atoms with Crippen molar-refractivity contribution in [1.29, 1.82) is 0 Å². The number of rotatable bonds is 1. The normalized spacial score (nSPS) is 23.3. The number of aliphatic carboxylic acids is 1. The Hall–Kier alpha value is -1.32. The van der Waals surface area contributed by atoms with Gasteiger partial charge in [0, 0.05) is 19.5 Å². The van der Waals surface area contributed by atoms with Crippen LogP contribution >= 0.6 is 0 Å². The molecule has 1 aliphatic rings. The molecule has 1 atom stereocenters. The fourth-order valence-electron chi connectivity index (χ4n) is 0.730. The summed E-state index contributed by atoms with van der Waals surface area (Å²) in [6.45, 7) is 0. The zero-order valence-corrected chi connectivity index (χ0v) is 5.56. The average Bonchev–Trinajstić information content (AvgIpc) is 1.88. The van der Waals surface area contributed by atoms with Crippen LogP contribution in [0.15, 0.2) is 17.3 Å². The molecule has 0 amide bonds. The molecular weight excluding hydrogens is 132 g/mol. The number of hydrogen-bond acceptors (Lipinski definition) is 3. The smallest absolute Gasteiger partial charge is 0.349 e. The van der Waals surface area contributed by atoms with Gasteiger partial charge in [0.2, 0.25) is 6.17 Å². The second-order valence-electron chi connectivity index (χ2n) is 2.02. The van der Waals surface area contributed by atoms with Gasteiger partial charge < -0.3 is 10.0 Å². The van der Waals surface area contributed by atoms with Gasteiger partial charge >= 0.3 is 5.97 Å². The lowest BCUT2D eigenvalue weighted by atomic mass is 10.4. The highest BCUT2D eigenvalue weighted by molar-refractivity contribution is 5.80. The monoisotopic (exact) mass is 140 g/mol. The fourth-order valence-corrected chi connectivity index (χ4v) is 0.730. The Morgan fingerprint density at radius 1 is 1.80 bits per heavy atom. The minimum Gasteiger partial charge on any atom is -0.478 e. The number of allylic oxidation sites excluding steroid dienone is 1. The van der Waals surface area contributed by atoms with Crippen LogP contribution in [0.2, 0.25) is 0 Å². The zero-order valence-electron chi connectivity index (χ0n) is 5.56. The van der Waals surface area contributed by atoms with E-state index in [2.05, 4.69) is 4.99 Å². The molecule has 0 aromatic carbocycles. The minimum absolute atomic E-state index is 0.745. The van der Waals surface area contributed by atoms with Gasteiger partial charge in [0.05, 0.1) is 0 Å². The van der Waals surface area contributed by atoms with Gasteiger partial charge in [-0.25, -0.2) is 4.79 Å². The molecule has 0 saturated heterocycles. The summed E-state index contributed by atoms with van der Waals surface area (Å²) < 4.78 is 0. The maximum absolute atomic E-state index is 10.4. The van der Waals surface area contributed by atoms with Gasteiger partial charge in [0.15, 0.2) is 0 Å². The number of hydrogen-bond donors (Lipinski definition) is 1. The zero-order chi connectivity index (χ0) is 7.56. The molecule has 0 saturated carbocycles. The first kappa shape index (κ1) is 6.80. The van der Waals surface area contributed by atoms with Crippen LogP contribution in [0.25, 0.3) is 0 Å². The van der Waals surface area contributed by atoms with E-state index in [1.54, 1.807) is 19.3 Å². The Kier molecular flexibility index (Phi) is 1.71. The van der Waals surface area contributed by atoms with Crippen LogP contribution in [0.5, 0.6) is 0 Å². The highest BCUT2D eigenvalue weighted by atomic mass is 16.4. The first-order chi connectivity index (χ1) is 4.72. The lowest BCUT2D eigenvalue weighted by molar-refractivity contribution is -0.141. The molecule has 1 aliphatic heterocycles. The standard InChI is InChI=1S/C6H8N2O2/c1-8-4-2-3-7-5(8)6(9)10/h2-5H,1H3,(H,9,10). The van der Waals surface area contributed by atoms with Crippen molar-refractivity contribution in [3.05, 3.63) is 12.3 Å². The fraction of sp³-hybridized carbons (Fsp3) is 0.333. The minimum atomic E-state index is -0.928. The molecule has 4 nitrogen and oxygen atoms in total. The molecule has 1 rings (SSSR count). The molecule has 0 aromatic heterocycles. The average molecular weight is 140 g/mol. The number of carboxylic acid groups (broad SMARTS) is 1. The summed E-state index contributed by atoms with van der Waals surface area (Å²) >= 11 is 0.